The zero-order chi connectivity index (χ0) is 10.4. The predicted octanol–water partition coefficient (Wildman–Crippen LogP) is 3.02. The van der Waals surface area contributed by atoms with E-state index in [4.69, 9.17) is 0 Å². The van der Waals surface area contributed by atoms with Gasteiger partial charge in [0.25, 0.3) is 0 Å². The van der Waals surface area contributed by atoms with E-state index in [0.717, 1.165) is 29.6 Å². The highest BCUT2D eigenvalue weighted by atomic mass is 16.1. The van der Waals surface area contributed by atoms with Crippen molar-refractivity contribution in [2.75, 3.05) is 11.9 Å². The molecule has 1 rings (SSSR count). The van der Waals surface area contributed by atoms with Crippen LogP contribution in [-0.4, -0.2) is 12.8 Å². The van der Waals surface area contributed by atoms with Crippen LogP contribution in [0.1, 0.15) is 35.7 Å². The van der Waals surface area contributed by atoms with Gasteiger partial charge in [-0.2, -0.15) is 0 Å². The summed E-state index contributed by atoms with van der Waals surface area (Å²) in [5.74, 6) is 0. The molecule has 0 aliphatic heterocycles. The highest BCUT2D eigenvalue weighted by molar-refractivity contribution is 5.76. The second kappa shape index (κ2) is 5.43. The summed E-state index contributed by atoms with van der Waals surface area (Å²) in [5.41, 5.74) is 3.00. The number of hydrogen-bond donors (Lipinski definition) is 1. The van der Waals surface area contributed by atoms with Gasteiger partial charge in [-0.1, -0.05) is 13.3 Å². The lowest BCUT2D eigenvalue weighted by molar-refractivity contribution is 0.112. The first-order chi connectivity index (χ1) is 6.77. The van der Waals surface area contributed by atoms with E-state index in [9.17, 15) is 4.79 Å². The van der Waals surface area contributed by atoms with Crippen LogP contribution in [0.25, 0.3) is 0 Å². The third kappa shape index (κ3) is 2.87. The zero-order valence-corrected chi connectivity index (χ0v) is 8.84. The van der Waals surface area contributed by atoms with Crippen LogP contribution in [0.4, 0.5) is 5.69 Å². The van der Waals surface area contributed by atoms with E-state index in [1.54, 1.807) is 0 Å². The first kappa shape index (κ1) is 10.8. The Kier molecular flexibility index (Phi) is 4.17. The van der Waals surface area contributed by atoms with E-state index in [1.165, 1.54) is 12.8 Å². The number of anilines is 1. The molecule has 0 saturated heterocycles. The van der Waals surface area contributed by atoms with Crippen molar-refractivity contribution in [2.45, 2.75) is 26.7 Å². The lowest BCUT2D eigenvalue weighted by Gasteiger charge is -2.08. The topological polar surface area (TPSA) is 29.1 Å². The van der Waals surface area contributed by atoms with E-state index in [-0.39, 0.29) is 0 Å². The van der Waals surface area contributed by atoms with Gasteiger partial charge in [-0.25, -0.2) is 0 Å². The minimum Gasteiger partial charge on any atom is -0.385 e. The van der Waals surface area contributed by atoms with Crippen molar-refractivity contribution in [3.8, 4) is 0 Å². The fourth-order valence-electron chi connectivity index (χ4n) is 1.36. The van der Waals surface area contributed by atoms with Crippen LogP contribution in [0, 0.1) is 6.92 Å². The molecule has 0 atom stereocenters. The molecule has 0 fully saturated rings. The number of benzene rings is 1. The number of nitrogens with one attached hydrogen (secondary N) is 1. The maximum absolute atomic E-state index is 10.5. The fourth-order valence-corrected chi connectivity index (χ4v) is 1.36. The van der Waals surface area contributed by atoms with Crippen LogP contribution in [0.5, 0.6) is 0 Å². The molecular weight excluding hydrogens is 174 g/mol. The van der Waals surface area contributed by atoms with Crippen molar-refractivity contribution in [1.29, 1.82) is 0 Å². The molecule has 1 aromatic rings. The van der Waals surface area contributed by atoms with Gasteiger partial charge in [0, 0.05) is 17.8 Å². The van der Waals surface area contributed by atoms with Gasteiger partial charge < -0.3 is 5.32 Å². The summed E-state index contributed by atoms with van der Waals surface area (Å²) in [5, 5.41) is 3.35. The number of unbranched alkanes of at least 4 members (excludes halogenated alkanes) is 1. The molecule has 0 unspecified atom stereocenters. The molecule has 1 N–H and O–H groups in total. The molecule has 0 aromatic heterocycles. The predicted molar refractivity (Wildman–Crippen MR) is 60.0 cm³/mol. The maximum atomic E-state index is 10.5. The fraction of sp³-hybridized carbons (Fsp3) is 0.417. The van der Waals surface area contributed by atoms with Crippen molar-refractivity contribution >= 4 is 12.0 Å². The molecule has 2 nitrogen and oxygen atoms in total. The molecule has 0 bridgehead atoms. The molecule has 2 heteroatoms. The van der Waals surface area contributed by atoms with Crippen LogP contribution in [0.2, 0.25) is 0 Å². The molecule has 0 amide bonds. The summed E-state index contributed by atoms with van der Waals surface area (Å²) in [6.45, 7) is 5.18. The summed E-state index contributed by atoms with van der Waals surface area (Å²) in [7, 11) is 0. The average Bonchev–Trinajstić information content (AvgIpc) is 2.20. The number of carbonyl (C=O) groups excluding carboxylic acids is 1. The first-order valence-electron chi connectivity index (χ1n) is 5.07. The largest absolute Gasteiger partial charge is 0.385 e. The number of rotatable bonds is 5. The van der Waals surface area contributed by atoms with Gasteiger partial charge in [0.1, 0.15) is 6.29 Å². The van der Waals surface area contributed by atoms with Crippen molar-refractivity contribution in [1.82, 2.24) is 0 Å². The molecule has 14 heavy (non-hydrogen) atoms. The number of aryl methyl sites for hydroxylation is 1. The molecule has 0 spiro atoms. The Balaban J connectivity index is 2.64. The highest BCUT2D eigenvalue weighted by Crippen LogP contribution is 2.15. The number of aldehydes is 1. The van der Waals surface area contributed by atoms with E-state index in [0.29, 0.717) is 0 Å². The SMILES string of the molecule is CCCCNc1ccc(C=O)cc1C. The van der Waals surface area contributed by atoms with Crippen LogP contribution < -0.4 is 5.32 Å². The van der Waals surface area contributed by atoms with Crippen molar-refractivity contribution < 1.29 is 4.79 Å². The average molecular weight is 191 g/mol. The van der Waals surface area contributed by atoms with Gasteiger partial charge in [0.15, 0.2) is 0 Å². The first-order valence-corrected chi connectivity index (χ1v) is 5.07. The Morgan fingerprint density at radius 3 is 2.79 bits per heavy atom. The molecule has 0 radical (unpaired) electrons. The Labute approximate surface area is 85.3 Å². The second-order valence-corrected chi connectivity index (χ2v) is 3.47. The van der Waals surface area contributed by atoms with Crippen LogP contribution in [0.3, 0.4) is 0 Å². The monoisotopic (exact) mass is 191 g/mol. The second-order valence-electron chi connectivity index (χ2n) is 3.47. The van der Waals surface area contributed by atoms with Gasteiger partial charge in [-0.15, -0.1) is 0 Å². The van der Waals surface area contributed by atoms with E-state index < -0.39 is 0 Å². The normalized spacial score (nSPS) is 9.86. The van der Waals surface area contributed by atoms with Crippen LogP contribution in [-0.2, 0) is 0 Å². The third-order valence-corrected chi connectivity index (χ3v) is 2.23. The molecule has 76 valence electrons. The Bertz CT molecular complexity index is 307. The van der Waals surface area contributed by atoms with E-state index in [1.807, 2.05) is 25.1 Å². The van der Waals surface area contributed by atoms with Gasteiger partial charge in [-0.3, -0.25) is 4.79 Å². The quantitative estimate of drug-likeness (QED) is 0.572. The number of hydrogen-bond acceptors (Lipinski definition) is 2. The van der Waals surface area contributed by atoms with Crippen molar-refractivity contribution in [2.24, 2.45) is 0 Å². The molecule has 0 saturated carbocycles. The lowest BCUT2D eigenvalue weighted by atomic mass is 10.1. The smallest absolute Gasteiger partial charge is 0.150 e. The molecule has 0 aliphatic rings. The maximum Gasteiger partial charge on any atom is 0.150 e. The van der Waals surface area contributed by atoms with E-state index in [2.05, 4.69) is 12.2 Å². The van der Waals surface area contributed by atoms with Gasteiger partial charge in [-0.05, 0) is 37.1 Å². The summed E-state index contributed by atoms with van der Waals surface area (Å²) in [6, 6.07) is 5.71. The van der Waals surface area contributed by atoms with Crippen molar-refractivity contribution in [3.63, 3.8) is 0 Å². The van der Waals surface area contributed by atoms with Gasteiger partial charge in [0.2, 0.25) is 0 Å². The standard InChI is InChI=1S/C12H17NO/c1-3-4-7-13-12-6-5-11(9-14)8-10(12)2/h5-6,8-9,13H,3-4,7H2,1-2H3. The van der Waals surface area contributed by atoms with E-state index >= 15 is 0 Å². The molecule has 1 aromatic carbocycles. The van der Waals surface area contributed by atoms with Crippen LogP contribution in [0.15, 0.2) is 18.2 Å². The molecular formula is C12H17NO. The minimum absolute atomic E-state index is 0.739. The molecule has 0 heterocycles. The lowest BCUT2D eigenvalue weighted by Crippen LogP contribution is -2.02. The van der Waals surface area contributed by atoms with Gasteiger partial charge >= 0.3 is 0 Å². The summed E-state index contributed by atoms with van der Waals surface area (Å²) in [4.78, 5) is 10.5. The Morgan fingerprint density at radius 1 is 1.43 bits per heavy atom. The van der Waals surface area contributed by atoms with Gasteiger partial charge in [0.05, 0.1) is 0 Å². The zero-order valence-electron chi connectivity index (χ0n) is 8.84. The number of carbonyl (C=O) groups is 1. The highest BCUT2D eigenvalue weighted by Gasteiger charge is 1.98. The Morgan fingerprint density at radius 2 is 2.21 bits per heavy atom. The summed E-state index contributed by atoms with van der Waals surface area (Å²) < 4.78 is 0. The molecule has 0 aliphatic carbocycles. The van der Waals surface area contributed by atoms with Crippen molar-refractivity contribution in [3.05, 3.63) is 29.3 Å². The Hall–Kier alpha value is -1.31. The third-order valence-electron chi connectivity index (χ3n) is 2.23. The summed E-state index contributed by atoms with van der Waals surface area (Å²) in [6.07, 6.45) is 3.25. The minimum atomic E-state index is 0.739. The van der Waals surface area contributed by atoms with Crippen LogP contribution >= 0.6 is 0 Å². The summed E-state index contributed by atoms with van der Waals surface area (Å²) >= 11 is 0.